The van der Waals surface area contributed by atoms with Crippen molar-refractivity contribution in [3.05, 3.63) is 41.3 Å². The predicted molar refractivity (Wildman–Crippen MR) is 107 cm³/mol. The molecule has 0 unspecified atom stereocenters. The fraction of sp³-hybridized carbons (Fsp3) is 0.476. The lowest BCUT2D eigenvalue weighted by atomic mass is 9.99. The third kappa shape index (κ3) is 4.71. The van der Waals surface area contributed by atoms with Gasteiger partial charge in [0.15, 0.2) is 6.61 Å². The zero-order chi connectivity index (χ0) is 20.1. The summed E-state index contributed by atoms with van der Waals surface area (Å²) in [6.45, 7) is 7.56. The first kappa shape index (κ1) is 19.9. The molecule has 0 radical (unpaired) electrons. The average Bonchev–Trinajstić information content (AvgIpc) is 3.08. The average molecular weight is 385 g/mol. The van der Waals surface area contributed by atoms with Crippen molar-refractivity contribution in [2.24, 2.45) is 5.92 Å². The minimum atomic E-state index is -0.597. The molecule has 0 bridgehead atoms. The molecule has 3 rings (SSSR count). The number of piperidine rings is 1. The Morgan fingerprint density at radius 2 is 1.93 bits per heavy atom. The molecule has 2 aromatic rings. The second kappa shape index (κ2) is 8.91. The number of anilines is 2. The van der Waals surface area contributed by atoms with E-state index in [1.165, 1.54) is 12.8 Å². The SMILES string of the molecule is CCc1noc(C)c1C(=O)OCC(=O)Nc1ccc(N2CCC(C)CC2)cc1. The summed E-state index contributed by atoms with van der Waals surface area (Å²) in [6.07, 6.45) is 2.96. The predicted octanol–water partition coefficient (Wildman–Crippen LogP) is 3.58. The van der Waals surface area contributed by atoms with Crippen molar-refractivity contribution in [1.29, 1.82) is 0 Å². The smallest absolute Gasteiger partial charge is 0.344 e. The molecule has 0 atom stereocenters. The summed E-state index contributed by atoms with van der Waals surface area (Å²) in [6, 6.07) is 7.75. The van der Waals surface area contributed by atoms with Gasteiger partial charge in [-0.25, -0.2) is 4.79 Å². The van der Waals surface area contributed by atoms with Crippen molar-refractivity contribution in [1.82, 2.24) is 5.16 Å². The molecule has 150 valence electrons. The van der Waals surface area contributed by atoms with Gasteiger partial charge in [-0.05, 0) is 56.4 Å². The third-order valence-electron chi connectivity index (χ3n) is 5.11. The van der Waals surface area contributed by atoms with E-state index in [9.17, 15) is 9.59 Å². The van der Waals surface area contributed by atoms with Crippen molar-refractivity contribution < 1.29 is 18.8 Å². The van der Waals surface area contributed by atoms with Crippen molar-refractivity contribution in [2.45, 2.75) is 40.0 Å². The molecule has 1 aromatic carbocycles. The Hall–Kier alpha value is -2.83. The van der Waals surface area contributed by atoms with Crippen LogP contribution in [0.1, 0.15) is 48.5 Å². The van der Waals surface area contributed by atoms with Gasteiger partial charge in [-0.2, -0.15) is 0 Å². The van der Waals surface area contributed by atoms with Crippen LogP contribution >= 0.6 is 0 Å². The van der Waals surface area contributed by atoms with Crippen LogP contribution in [0.4, 0.5) is 11.4 Å². The number of aryl methyl sites for hydroxylation is 2. The van der Waals surface area contributed by atoms with Crippen LogP contribution < -0.4 is 10.2 Å². The Bertz CT molecular complexity index is 821. The second-order valence-corrected chi connectivity index (χ2v) is 7.25. The number of amides is 1. The number of nitrogens with zero attached hydrogens (tertiary/aromatic N) is 2. The lowest BCUT2D eigenvalue weighted by Crippen LogP contribution is -2.32. The van der Waals surface area contributed by atoms with Crippen molar-refractivity contribution in [3.8, 4) is 0 Å². The molecule has 0 aliphatic carbocycles. The Labute approximate surface area is 165 Å². The molecule has 0 spiro atoms. The standard InChI is InChI=1S/C21H27N3O4/c1-4-18-20(15(3)28-23-18)21(26)27-13-19(25)22-16-5-7-17(8-6-16)24-11-9-14(2)10-12-24/h5-8,14H,4,9-13H2,1-3H3,(H,22,25). The molecule has 1 saturated heterocycles. The summed E-state index contributed by atoms with van der Waals surface area (Å²) in [4.78, 5) is 26.7. The fourth-order valence-electron chi connectivity index (χ4n) is 3.34. The zero-order valence-electron chi connectivity index (χ0n) is 16.7. The van der Waals surface area contributed by atoms with Crippen LogP contribution in [-0.4, -0.2) is 36.7 Å². The van der Waals surface area contributed by atoms with Gasteiger partial charge in [0, 0.05) is 24.5 Å². The summed E-state index contributed by atoms with van der Waals surface area (Å²) in [5.74, 6) is 0.193. The molecule has 7 heteroatoms. The minimum Gasteiger partial charge on any atom is -0.452 e. The Morgan fingerprint density at radius 3 is 2.57 bits per heavy atom. The summed E-state index contributed by atoms with van der Waals surface area (Å²) in [7, 11) is 0. The summed E-state index contributed by atoms with van der Waals surface area (Å²) in [5.41, 5.74) is 2.66. The van der Waals surface area contributed by atoms with Gasteiger partial charge < -0.3 is 19.5 Å². The third-order valence-corrected chi connectivity index (χ3v) is 5.11. The molecule has 2 heterocycles. The van der Waals surface area contributed by atoms with E-state index in [0.717, 1.165) is 24.7 Å². The Morgan fingerprint density at radius 1 is 1.25 bits per heavy atom. The van der Waals surface area contributed by atoms with E-state index >= 15 is 0 Å². The molecule has 1 aliphatic heterocycles. The number of aromatic nitrogens is 1. The lowest BCUT2D eigenvalue weighted by Gasteiger charge is -2.32. The van der Waals surface area contributed by atoms with E-state index in [1.807, 2.05) is 31.2 Å². The number of carbonyl (C=O) groups excluding carboxylic acids is 2. The highest BCUT2D eigenvalue weighted by Crippen LogP contribution is 2.24. The molecule has 0 saturated carbocycles. The minimum absolute atomic E-state index is 0.301. The number of esters is 1. The number of rotatable bonds is 6. The summed E-state index contributed by atoms with van der Waals surface area (Å²) < 4.78 is 10.1. The molecule has 1 fully saturated rings. The highest BCUT2D eigenvalue weighted by molar-refractivity contribution is 5.96. The molecule has 1 N–H and O–H groups in total. The van der Waals surface area contributed by atoms with E-state index in [4.69, 9.17) is 9.26 Å². The van der Waals surface area contributed by atoms with E-state index < -0.39 is 5.97 Å². The van der Waals surface area contributed by atoms with E-state index in [2.05, 4.69) is 22.3 Å². The molecular weight excluding hydrogens is 358 g/mol. The van der Waals surface area contributed by atoms with Crippen LogP contribution in [-0.2, 0) is 16.0 Å². The van der Waals surface area contributed by atoms with Crippen LogP contribution in [0, 0.1) is 12.8 Å². The maximum absolute atomic E-state index is 12.2. The maximum Gasteiger partial charge on any atom is 0.344 e. The molecule has 7 nitrogen and oxygen atoms in total. The van der Waals surface area contributed by atoms with Crippen molar-refractivity contribution >= 4 is 23.3 Å². The van der Waals surface area contributed by atoms with Gasteiger partial charge in [0.05, 0.1) is 5.69 Å². The van der Waals surface area contributed by atoms with Crippen LogP contribution in [0.5, 0.6) is 0 Å². The Balaban J connectivity index is 1.51. The van der Waals surface area contributed by atoms with Gasteiger partial charge >= 0.3 is 5.97 Å². The fourth-order valence-corrected chi connectivity index (χ4v) is 3.34. The highest BCUT2D eigenvalue weighted by atomic mass is 16.5. The molecule has 1 aliphatic rings. The number of hydrogen-bond donors (Lipinski definition) is 1. The summed E-state index contributed by atoms with van der Waals surface area (Å²) >= 11 is 0. The van der Waals surface area contributed by atoms with Crippen molar-refractivity contribution in [2.75, 3.05) is 29.9 Å². The van der Waals surface area contributed by atoms with E-state index in [1.54, 1.807) is 6.92 Å². The zero-order valence-corrected chi connectivity index (χ0v) is 16.7. The van der Waals surface area contributed by atoms with Gasteiger partial charge in [-0.3, -0.25) is 4.79 Å². The number of carbonyl (C=O) groups is 2. The van der Waals surface area contributed by atoms with Gasteiger partial charge in [0.2, 0.25) is 0 Å². The number of benzene rings is 1. The largest absolute Gasteiger partial charge is 0.452 e. The monoisotopic (exact) mass is 385 g/mol. The second-order valence-electron chi connectivity index (χ2n) is 7.25. The lowest BCUT2D eigenvalue weighted by molar-refractivity contribution is -0.119. The van der Waals surface area contributed by atoms with Gasteiger partial charge in [0.25, 0.3) is 5.91 Å². The van der Waals surface area contributed by atoms with Crippen molar-refractivity contribution in [3.63, 3.8) is 0 Å². The van der Waals surface area contributed by atoms with Gasteiger partial charge in [0.1, 0.15) is 11.3 Å². The first-order valence-electron chi connectivity index (χ1n) is 9.75. The number of hydrogen-bond acceptors (Lipinski definition) is 6. The van der Waals surface area contributed by atoms with Gasteiger partial charge in [-0.15, -0.1) is 0 Å². The van der Waals surface area contributed by atoms with Gasteiger partial charge in [-0.1, -0.05) is 19.0 Å². The van der Waals surface area contributed by atoms with E-state index in [-0.39, 0.29) is 12.5 Å². The van der Waals surface area contributed by atoms with Crippen LogP contribution in [0.15, 0.2) is 28.8 Å². The summed E-state index contributed by atoms with van der Waals surface area (Å²) in [5, 5.41) is 6.57. The molecular formula is C21H27N3O4. The number of ether oxygens (including phenoxy) is 1. The highest BCUT2D eigenvalue weighted by Gasteiger charge is 2.21. The first-order chi connectivity index (χ1) is 13.5. The molecule has 1 amide bonds. The Kier molecular flexibility index (Phi) is 6.34. The molecule has 28 heavy (non-hydrogen) atoms. The molecule has 1 aromatic heterocycles. The number of nitrogens with one attached hydrogen (secondary N) is 1. The maximum atomic E-state index is 12.2. The van der Waals surface area contributed by atoms with E-state index in [0.29, 0.717) is 29.1 Å². The van der Waals surface area contributed by atoms with Crippen LogP contribution in [0.2, 0.25) is 0 Å². The van der Waals surface area contributed by atoms with Crippen LogP contribution in [0.25, 0.3) is 0 Å². The first-order valence-corrected chi connectivity index (χ1v) is 9.75. The topological polar surface area (TPSA) is 84.7 Å². The van der Waals surface area contributed by atoms with Crippen LogP contribution in [0.3, 0.4) is 0 Å². The quantitative estimate of drug-likeness (QED) is 0.765. The normalized spacial score (nSPS) is 14.8.